The number of nitrogens with zero attached hydrogens (tertiary/aromatic N) is 6. The maximum Gasteiger partial charge on any atom is 0.254 e. The number of aromatic nitrogens is 3. The summed E-state index contributed by atoms with van der Waals surface area (Å²) in [6.45, 7) is 8.82. The Morgan fingerprint density at radius 1 is 1.22 bits per heavy atom. The molecule has 0 aromatic carbocycles. The first-order valence-electron chi connectivity index (χ1n) is 9.98. The van der Waals surface area contributed by atoms with Crippen molar-refractivity contribution in [1.82, 2.24) is 29.3 Å². The van der Waals surface area contributed by atoms with Crippen LogP contribution in [0.1, 0.15) is 48.9 Å². The van der Waals surface area contributed by atoms with E-state index < -0.39 is 0 Å². The Morgan fingerprint density at radius 3 is 2.67 bits per heavy atom. The minimum Gasteiger partial charge on any atom is -0.345 e. The van der Waals surface area contributed by atoms with E-state index in [1.807, 2.05) is 22.7 Å². The lowest BCUT2D eigenvalue weighted by molar-refractivity contribution is 0.0437. The summed E-state index contributed by atoms with van der Waals surface area (Å²) in [7, 11) is 3.55. The lowest BCUT2D eigenvalue weighted by Crippen LogP contribution is -2.51. The van der Waals surface area contributed by atoms with Gasteiger partial charge in [-0.15, -0.1) is 10.2 Å². The summed E-state index contributed by atoms with van der Waals surface area (Å²) >= 11 is 0. The fourth-order valence-corrected chi connectivity index (χ4v) is 4.05. The molecule has 7 nitrogen and oxygen atoms in total. The van der Waals surface area contributed by atoms with Gasteiger partial charge in [-0.05, 0) is 44.7 Å². The molecule has 27 heavy (non-hydrogen) atoms. The Kier molecular flexibility index (Phi) is 4.90. The number of carbonyl (C=O) groups is 1. The van der Waals surface area contributed by atoms with Gasteiger partial charge in [0, 0.05) is 52.5 Å². The van der Waals surface area contributed by atoms with E-state index in [0.29, 0.717) is 11.6 Å². The molecule has 2 aromatic rings. The summed E-state index contributed by atoms with van der Waals surface area (Å²) in [6.07, 6.45) is 4.64. The number of piperazine rings is 1. The second-order valence-corrected chi connectivity index (χ2v) is 8.45. The normalized spacial score (nSPS) is 21.9. The molecular weight excluding hydrogens is 340 g/mol. The second-order valence-electron chi connectivity index (χ2n) is 8.45. The van der Waals surface area contributed by atoms with E-state index >= 15 is 0 Å². The second kappa shape index (κ2) is 7.20. The van der Waals surface area contributed by atoms with Crippen LogP contribution in [0.5, 0.6) is 0 Å². The molecule has 2 aromatic heterocycles. The van der Waals surface area contributed by atoms with E-state index in [0.717, 1.165) is 37.0 Å². The Hall–Kier alpha value is -1.99. The van der Waals surface area contributed by atoms with Crippen molar-refractivity contribution < 1.29 is 4.79 Å². The maximum absolute atomic E-state index is 12.4. The molecule has 0 bridgehead atoms. The zero-order chi connectivity index (χ0) is 19.1. The van der Waals surface area contributed by atoms with Crippen molar-refractivity contribution in [2.45, 2.75) is 38.8 Å². The summed E-state index contributed by atoms with van der Waals surface area (Å²) in [6, 6.07) is 4.35. The van der Waals surface area contributed by atoms with Crippen LogP contribution >= 0.6 is 0 Å². The fraction of sp³-hybridized carbons (Fsp3) is 0.650. The number of fused-ring (bicyclic) bond motifs is 1. The molecular formula is C20H30N6O. The number of hydrogen-bond acceptors (Lipinski definition) is 5. The van der Waals surface area contributed by atoms with E-state index in [9.17, 15) is 4.79 Å². The van der Waals surface area contributed by atoms with Crippen LogP contribution in [0.3, 0.4) is 0 Å². The van der Waals surface area contributed by atoms with Gasteiger partial charge in [-0.3, -0.25) is 19.0 Å². The highest BCUT2D eigenvalue weighted by Crippen LogP contribution is 2.33. The highest BCUT2D eigenvalue weighted by molar-refractivity contribution is 5.93. The lowest BCUT2D eigenvalue weighted by Gasteiger charge is -2.42. The van der Waals surface area contributed by atoms with Crippen molar-refractivity contribution in [3.63, 3.8) is 0 Å². The van der Waals surface area contributed by atoms with E-state index in [4.69, 9.17) is 0 Å². The predicted molar refractivity (Wildman–Crippen MR) is 105 cm³/mol. The summed E-state index contributed by atoms with van der Waals surface area (Å²) in [5.41, 5.74) is 1.46. The van der Waals surface area contributed by atoms with Crippen molar-refractivity contribution in [1.29, 1.82) is 0 Å². The van der Waals surface area contributed by atoms with E-state index in [2.05, 4.69) is 33.8 Å². The van der Waals surface area contributed by atoms with Gasteiger partial charge in [0.25, 0.3) is 5.91 Å². The largest absolute Gasteiger partial charge is 0.345 e. The molecule has 0 unspecified atom stereocenters. The average Bonchev–Trinajstić information content (AvgIpc) is 3.36. The van der Waals surface area contributed by atoms with E-state index in [1.54, 1.807) is 19.0 Å². The Labute approximate surface area is 160 Å². The van der Waals surface area contributed by atoms with Crippen LogP contribution < -0.4 is 0 Å². The highest BCUT2D eigenvalue weighted by atomic mass is 16.2. The standard InChI is InChI=1S/C20H30N6O/c1-14(2)25-10-9-24(11-15-5-6-15)13-17(25)19-22-21-18-8-7-16(12-26(18)19)20(27)23(3)4/h7-8,12,14-15,17H,5-6,9-11,13H2,1-4H3/t17-/m1/s1. The SMILES string of the molecule is CC(C)N1CCN(CC2CC2)C[C@@H]1c1nnc2ccc(C(=O)N(C)C)cn12. The molecule has 1 atom stereocenters. The van der Waals surface area contributed by atoms with Crippen LogP contribution in [0, 0.1) is 5.92 Å². The van der Waals surface area contributed by atoms with Gasteiger partial charge in [0.1, 0.15) is 0 Å². The number of carbonyl (C=O) groups excluding carboxylic acids is 1. The number of pyridine rings is 1. The first-order valence-corrected chi connectivity index (χ1v) is 9.98. The molecule has 1 aliphatic heterocycles. The van der Waals surface area contributed by atoms with Crippen molar-refractivity contribution >= 4 is 11.6 Å². The van der Waals surface area contributed by atoms with Crippen molar-refractivity contribution in [3.8, 4) is 0 Å². The molecule has 146 valence electrons. The van der Waals surface area contributed by atoms with E-state index in [-0.39, 0.29) is 11.9 Å². The molecule has 7 heteroatoms. The fourth-order valence-electron chi connectivity index (χ4n) is 4.05. The zero-order valence-electron chi connectivity index (χ0n) is 16.8. The Bertz CT molecular complexity index is 825. The van der Waals surface area contributed by atoms with Gasteiger partial charge in [-0.2, -0.15) is 0 Å². The summed E-state index contributed by atoms with van der Waals surface area (Å²) < 4.78 is 2.01. The minimum atomic E-state index is -0.00345. The number of hydrogen-bond donors (Lipinski definition) is 0. The third-order valence-corrected chi connectivity index (χ3v) is 5.76. The molecule has 4 rings (SSSR count). The number of amides is 1. The molecule has 3 heterocycles. The van der Waals surface area contributed by atoms with Gasteiger partial charge in [0.05, 0.1) is 11.6 Å². The van der Waals surface area contributed by atoms with E-state index in [1.165, 1.54) is 19.4 Å². The molecule has 1 aliphatic carbocycles. The van der Waals surface area contributed by atoms with Gasteiger partial charge in [0.2, 0.25) is 0 Å². The summed E-state index contributed by atoms with van der Waals surface area (Å²) in [5.74, 6) is 1.82. The lowest BCUT2D eigenvalue weighted by atomic mass is 10.1. The molecule has 1 saturated carbocycles. The average molecular weight is 371 g/mol. The molecule has 0 radical (unpaired) electrons. The first kappa shape index (κ1) is 18.4. The molecule has 1 amide bonds. The Morgan fingerprint density at radius 2 is 2.00 bits per heavy atom. The summed E-state index contributed by atoms with van der Waals surface area (Å²) in [5, 5.41) is 8.92. The van der Waals surface area contributed by atoms with Crippen LogP contribution in [0.15, 0.2) is 18.3 Å². The minimum absolute atomic E-state index is 0.00345. The third-order valence-electron chi connectivity index (χ3n) is 5.76. The van der Waals surface area contributed by atoms with Crippen LogP contribution in [0.2, 0.25) is 0 Å². The Balaban J connectivity index is 1.68. The molecule has 2 aliphatic rings. The van der Waals surface area contributed by atoms with Gasteiger partial charge in [-0.25, -0.2) is 0 Å². The quantitative estimate of drug-likeness (QED) is 0.805. The van der Waals surface area contributed by atoms with Crippen LogP contribution in [-0.2, 0) is 0 Å². The van der Waals surface area contributed by atoms with Crippen LogP contribution in [0.4, 0.5) is 0 Å². The summed E-state index contributed by atoms with van der Waals surface area (Å²) in [4.78, 5) is 19.1. The zero-order valence-corrected chi connectivity index (χ0v) is 16.8. The molecule has 0 spiro atoms. The van der Waals surface area contributed by atoms with Gasteiger partial charge >= 0.3 is 0 Å². The van der Waals surface area contributed by atoms with Crippen LogP contribution in [-0.4, -0.2) is 81.5 Å². The van der Waals surface area contributed by atoms with Crippen molar-refractivity contribution in [2.75, 3.05) is 40.3 Å². The predicted octanol–water partition coefficient (Wildman–Crippen LogP) is 1.91. The first-order chi connectivity index (χ1) is 12.9. The highest BCUT2D eigenvalue weighted by Gasteiger charge is 2.35. The third kappa shape index (κ3) is 3.71. The van der Waals surface area contributed by atoms with Gasteiger partial charge in [0.15, 0.2) is 11.5 Å². The van der Waals surface area contributed by atoms with Crippen molar-refractivity contribution in [3.05, 3.63) is 29.7 Å². The maximum atomic E-state index is 12.4. The van der Waals surface area contributed by atoms with Gasteiger partial charge in [-0.1, -0.05) is 0 Å². The van der Waals surface area contributed by atoms with Gasteiger partial charge < -0.3 is 4.90 Å². The number of rotatable bonds is 5. The molecule has 2 fully saturated rings. The molecule has 1 saturated heterocycles. The monoisotopic (exact) mass is 370 g/mol. The smallest absolute Gasteiger partial charge is 0.254 e. The van der Waals surface area contributed by atoms with Crippen LogP contribution in [0.25, 0.3) is 5.65 Å². The topological polar surface area (TPSA) is 57.0 Å². The molecule has 0 N–H and O–H groups in total. The van der Waals surface area contributed by atoms with Crippen molar-refractivity contribution in [2.24, 2.45) is 5.92 Å².